The van der Waals surface area contributed by atoms with Gasteiger partial charge in [-0.3, -0.25) is 9.79 Å². The number of carboxylic acids is 1. The fourth-order valence-electron chi connectivity index (χ4n) is 4.11. The molecule has 0 heterocycles. The van der Waals surface area contributed by atoms with Gasteiger partial charge < -0.3 is 5.11 Å². The zero-order valence-electron chi connectivity index (χ0n) is 21.8. The Labute approximate surface area is 220 Å². The number of carbonyl (C=O) groups is 2. The predicted octanol–water partition coefficient (Wildman–Crippen LogP) is 9.02. The highest BCUT2D eigenvalue weighted by Gasteiger charge is 2.29. The lowest BCUT2D eigenvalue weighted by atomic mass is 9.96. The molecule has 2 aromatic carbocycles. The van der Waals surface area contributed by atoms with Crippen LogP contribution in [0.25, 0.3) is 0 Å². The molecule has 192 valence electrons. The van der Waals surface area contributed by atoms with E-state index in [4.69, 9.17) is 33.3 Å². The number of benzene rings is 2. The Bertz CT molecular complexity index is 973. The van der Waals surface area contributed by atoms with Crippen LogP contribution in [0.2, 0.25) is 10.0 Å². The molecule has 35 heavy (non-hydrogen) atoms. The zero-order chi connectivity index (χ0) is 26.6. The number of aliphatic imine (C=N–C) groups is 1. The van der Waals surface area contributed by atoms with Crippen molar-refractivity contribution in [1.29, 1.82) is 0 Å². The van der Waals surface area contributed by atoms with E-state index in [1.807, 2.05) is 26.0 Å². The van der Waals surface area contributed by atoms with Gasteiger partial charge in [-0.05, 0) is 68.0 Å². The lowest BCUT2D eigenvalue weighted by Gasteiger charge is -2.20. The maximum Gasteiger partial charge on any atom is 0.335 e. The number of carboxylic acid groups (broad SMARTS) is 1. The molecule has 0 aromatic heterocycles. The number of Topliss-reactive ketones (excluding diaryl/α,β-unsaturated/α-hetero) is 1. The van der Waals surface area contributed by atoms with Crippen LogP contribution in [-0.2, 0) is 4.79 Å². The molecule has 1 aliphatic rings. The number of halogens is 2. The lowest BCUT2D eigenvalue weighted by molar-refractivity contribution is -0.111. The summed E-state index contributed by atoms with van der Waals surface area (Å²) in [5, 5.41) is 9.76. The molecule has 1 fully saturated rings. The largest absolute Gasteiger partial charge is 0.478 e. The van der Waals surface area contributed by atoms with Gasteiger partial charge in [0.25, 0.3) is 0 Å². The van der Waals surface area contributed by atoms with E-state index in [1.54, 1.807) is 30.3 Å². The smallest absolute Gasteiger partial charge is 0.335 e. The van der Waals surface area contributed by atoms with Crippen molar-refractivity contribution in [3.8, 4) is 0 Å². The van der Waals surface area contributed by atoms with E-state index in [9.17, 15) is 9.59 Å². The van der Waals surface area contributed by atoms with Crippen molar-refractivity contribution in [3.63, 3.8) is 0 Å². The average Bonchev–Trinajstić information content (AvgIpc) is 3.25. The van der Waals surface area contributed by atoms with E-state index in [2.05, 4.69) is 20.8 Å². The van der Waals surface area contributed by atoms with Gasteiger partial charge in [-0.1, -0.05) is 82.3 Å². The van der Waals surface area contributed by atoms with Crippen molar-refractivity contribution in [2.75, 3.05) is 0 Å². The first kappa shape index (κ1) is 30.9. The molecule has 4 nitrogen and oxygen atoms in total. The molecule has 1 N–H and O–H groups in total. The highest BCUT2D eigenvalue weighted by atomic mass is 35.5. The van der Waals surface area contributed by atoms with Crippen LogP contribution in [0.15, 0.2) is 47.5 Å². The molecule has 2 aromatic rings. The normalized spacial score (nSPS) is 15.3. The summed E-state index contributed by atoms with van der Waals surface area (Å²) in [6, 6.07) is 12.3. The third-order valence-corrected chi connectivity index (χ3v) is 6.42. The van der Waals surface area contributed by atoms with Crippen LogP contribution < -0.4 is 0 Å². The summed E-state index contributed by atoms with van der Waals surface area (Å²) in [4.78, 5) is 27.2. The number of rotatable bonds is 7. The van der Waals surface area contributed by atoms with Crippen LogP contribution in [0, 0.1) is 0 Å². The minimum absolute atomic E-state index is 0.0496. The van der Waals surface area contributed by atoms with Crippen LogP contribution in [0.4, 0.5) is 0 Å². The van der Waals surface area contributed by atoms with E-state index >= 15 is 0 Å². The second-order valence-corrected chi connectivity index (χ2v) is 9.87. The number of hydrogen-bond acceptors (Lipinski definition) is 3. The standard InChI is InChI=1S/C15H17Cl2NO.C12H16O2.C2H6/c1-10(19)14(18-15(2)5-3-4-6-15)11-7-12(16)9-13(17)8-11;1-3-4-9(2)10-5-7-11(8-6-10)12(13)14;1-2/h7-9H,3-6H2,1-2H3;5-9H,3-4H2,1-2H3,(H,13,14);1-2H3. The van der Waals surface area contributed by atoms with Gasteiger partial charge in [-0.25, -0.2) is 4.79 Å². The maximum absolute atomic E-state index is 11.9. The van der Waals surface area contributed by atoms with E-state index in [0.29, 0.717) is 32.8 Å². The van der Waals surface area contributed by atoms with Crippen LogP contribution in [0.1, 0.15) is 107 Å². The van der Waals surface area contributed by atoms with E-state index in [1.165, 1.54) is 25.3 Å². The summed E-state index contributed by atoms with van der Waals surface area (Å²) >= 11 is 12.0. The zero-order valence-corrected chi connectivity index (χ0v) is 23.3. The topological polar surface area (TPSA) is 66.7 Å². The lowest BCUT2D eigenvalue weighted by Crippen LogP contribution is -2.23. The molecule has 0 radical (unpaired) electrons. The quantitative estimate of drug-likeness (QED) is 0.371. The Kier molecular flexibility index (Phi) is 13.3. The van der Waals surface area contributed by atoms with Gasteiger partial charge in [-0.2, -0.15) is 0 Å². The van der Waals surface area contributed by atoms with Gasteiger partial charge >= 0.3 is 5.97 Å². The van der Waals surface area contributed by atoms with Crippen molar-refractivity contribution in [2.24, 2.45) is 4.99 Å². The van der Waals surface area contributed by atoms with Crippen molar-refractivity contribution >= 4 is 40.7 Å². The Morgan fingerprint density at radius 3 is 1.94 bits per heavy atom. The summed E-state index contributed by atoms with van der Waals surface area (Å²) < 4.78 is 0. The highest BCUT2D eigenvalue weighted by molar-refractivity contribution is 6.46. The Balaban J connectivity index is 0.000000341. The summed E-state index contributed by atoms with van der Waals surface area (Å²) in [6.45, 7) is 12.0. The fourth-order valence-corrected chi connectivity index (χ4v) is 4.64. The molecule has 0 aliphatic heterocycles. The summed E-state index contributed by atoms with van der Waals surface area (Å²) in [7, 11) is 0. The molecule has 0 spiro atoms. The minimum atomic E-state index is -0.861. The number of nitrogens with zero attached hydrogens (tertiary/aromatic N) is 1. The summed E-state index contributed by atoms with van der Waals surface area (Å²) in [6.07, 6.45) is 6.69. The Morgan fingerprint density at radius 1 is 1.00 bits per heavy atom. The SMILES string of the molecule is CC.CC(=O)C(=NC1(C)CCCC1)c1cc(Cl)cc(Cl)c1.CCCC(C)c1ccc(C(=O)O)cc1. The first-order valence-electron chi connectivity index (χ1n) is 12.4. The molecular weight excluding hydrogens is 481 g/mol. The second kappa shape index (κ2) is 15.1. The van der Waals surface area contributed by atoms with Gasteiger partial charge in [-0.15, -0.1) is 0 Å². The first-order valence-corrected chi connectivity index (χ1v) is 13.2. The highest BCUT2D eigenvalue weighted by Crippen LogP contribution is 2.33. The minimum Gasteiger partial charge on any atom is -0.478 e. The maximum atomic E-state index is 11.9. The van der Waals surface area contributed by atoms with Gasteiger partial charge in [0, 0.05) is 22.5 Å². The van der Waals surface area contributed by atoms with Crippen molar-refractivity contribution in [1.82, 2.24) is 0 Å². The van der Waals surface area contributed by atoms with Gasteiger partial charge in [0.1, 0.15) is 5.71 Å². The molecule has 0 amide bonds. The van der Waals surface area contributed by atoms with Crippen LogP contribution in [0.5, 0.6) is 0 Å². The van der Waals surface area contributed by atoms with E-state index < -0.39 is 5.97 Å². The second-order valence-electron chi connectivity index (χ2n) is 9.00. The third kappa shape index (κ3) is 10.1. The molecule has 1 aliphatic carbocycles. The van der Waals surface area contributed by atoms with E-state index in [-0.39, 0.29) is 11.3 Å². The molecule has 1 unspecified atom stereocenters. The third-order valence-electron chi connectivity index (χ3n) is 5.98. The first-order chi connectivity index (χ1) is 16.5. The van der Waals surface area contributed by atoms with Crippen molar-refractivity contribution < 1.29 is 14.7 Å². The number of carbonyl (C=O) groups excluding carboxylic acids is 1. The monoisotopic (exact) mass is 519 g/mol. The Morgan fingerprint density at radius 2 is 1.51 bits per heavy atom. The molecule has 1 saturated carbocycles. The van der Waals surface area contributed by atoms with Crippen molar-refractivity contribution in [3.05, 3.63) is 69.2 Å². The molecule has 3 rings (SSSR count). The summed E-state index contributed by atoms with van der Waals surface area (Å²) in [5.41, 5.74) is 2.64. The number of ketones is 1. The fraction of sp³-hybridized carbons (Fsp3) is 0.483. The molecule has 6 heteroatoms. The van der Waals surface area contributed by atoms with Gasteiger partial charge in [0.05, 0.1) is 11.1 Å². The molecule has 0 saturated heterocycles. The number of hydrogen-bond donors (Lipinski definition) is 1. The van der Waals surface area contributed by atoms with Crippen molar-refractivity contribution in [2.45, 2.75) is 91.5 Å². The van der Waals surface area contributed by atoms with E-state index in [0.717, 1.165) is 25.7 Å². The Hall–Kier alpha value is -2.17. The molecule has 0 bridgehead atoms. The summed E-state index contributed by atoms with van der Waals surface area (Å²) in [5.74, 6) is -0.394. The van der Waals surface area contributed by atoms with Crippen LogP contribution in [0.3, 0.4) is 0 Å². The molecular formula is C29H39Cl2NO3. The average molecular weight is 521 g/mol. The predicted molar refractivity (Wildman–Crippen MR) is 149 cm³/mol. The van der Waals surface area contributed by atoms with Gasteiger partial charge in [0.15, 0.2) is 5.78 Å². The van der Waals surface area contributed by atoms with Crippen LogP contribution in [-0.4, -0.2) is 28.1 Å². The number of aromatic carboxylic acids is 1. The van der Waals surface area contributed by atoms with Gasteiger partial charge in [0.2, 0.25) is 0 Å². The van der Waals surface area contributed by atoms with Crippen LogP contribution >= 0.6 is 23.2 Å². The molecule has 1 atom stereocenters.